The highest BCUT2D eigenvalue weighted by atomic mass is 32.1. The van der Waals surface area contributed by atoms with Crippen molar-refractivity contribution in [1.82, 2.24) is 10.2 Å². The van der Waals surface area contributed by atoms with Gasteiger partial charge in [0.1, 0.15) is 13.2 Å². The standard InChI is InChI=1S/C16H20N2O2S/c1-2-7-17-16(21)18-8-3-4-13(18)12-5-6-14-15(11-12)20-10-9-19-14/h2,5-6,11,13H,1,3-4,7-10H2,(H,17,21)/t13-/m1/s1. The van der Waals surface area contributed by atoms with Crippen LogP contribution in [0.1, 0.15) is 24.4 Å². The number of nitrogens with one attached hydrogen (secondary N) is 1. The molecule has 0 spiro atoms. The van der Waals surface area contributed by atoms with Crippen LogP contribution in [-0.2, 0) is 0 Å². The highest BCUT2D eigenvalue weighted by Gasteiger charge is 2.28. The van der Waals surface area contributed by atoms with Crippen LogP contribution in [0.2, 0.25) is 0 Å². The molecule has 0 unspecified atom stereocenters. The summed E-state index contributed by atoms with van der Waals surface area (Å²) < 4.78 is 11.3. The van der Waals surface area contributed by atoms with Gasteiger partial charge in [0.25, 0.3) is 0 Å². The number of hydrogen-bond acceptors (Lipinski definition) is 3. The van der Waals surface area contributed by atoms with E-state index in [1.54, 1.807) is 0 Å². The molecule has 0 aliphatic carbocycles. The Balaban J connectivity index is 1.78. The van der Waals surface area contributed by atoms with E-state index < -0.39 is 0 Å². The monoisotopic (exact) mass is 304 g/mol. The van der Waals surface area contributed by atoms with Crippen molar-refractivity contribution in [3.63, 3.8) is 0 Å². The van der Waals surface area contributed by atoms with E-state index in [2.05, 4.69) is 28.9 Å². The van der Waals surface area contributed by atoms with Gasteiger partial charge in [-0.2, -0.15) is 0 Å². The van der Waals surface area contributed by atoms with Crippen molar-refractivity contribution in [2.24, 2.45) is 0 Å². The first-order valence-corrected chi connectivity index (χ1v) is 7.75. The summed E-state index contributed by atoms with van der Waals surface area (Å²) in [5.41, 5.74) is 1.24. The zero-order chi connectivity index (χ0) is 14.7. The van der Waals surface area contributed by atoms with Crippen molar-refractivity contribution >= 4 is 17.3 Å². The average molecular weight is 304 g/mol. The fraction of sp³-hybridized carbons (Fsp3) is 0.438. The Labute approximate surface area is 130 Å². The van der Waals surface area contributed by atoms with E-state index in [0.29, 0.717) is 25.8 Å². The molecule has 4 nitrogen and oxygen atoms in total. The highest BCUT2D eigenvalue weighted by Crippen LogP contribution is 2.38. The van der Waals surface area contributed by atoms with E-state index in [9.17, 15) is 0 Å². The summed E-state index contributed by atoms with van der Waals surface area (Å²) in [6, 6.07) is 6.52. The van der Waals surface area contributed by atoms with E-state index in [1.807, 2.05) is 12.1 Å². The molecule has 2 aliphatic rings. The van der Waals surface area contributed by atoms with E-state index in [0.717, 1.165) is 36.0 Å². The number of ether oxygens (including phenoxy) is 2. The van der Waals surface area contributed by atoms with Gasteiger partial charge in [-0.25, -0.2) is 0 Å². The molecule has 1 saturated heterocycles. The second-order valence-corrected chi connectivity index (χ2v) is 5.62. The summed E-state index contributed by atoms with van der Waals surface area (Å²) in [7, 11) is 0. The quantitative estimate of drug-likeness (QED) is 0.686. The summed E-state index contributed by atoms with van der Waals surface area (Å²) in [6.07, 6.45) is 4.08. The first-order chi connectivity index (χ1) is 10.3. The molecule has 0 radical (unpaired) electrons. The summed E-state index contributed by atoms with van der Waals surface area (Å²) >= 11 is 5.49. The lowest BCUT2D eigenvalue weighted by Crippen LogP contribution is -2.39. The molecule has 2 aliphatic heterocycles. The number of benzene rings is 1. The summed E-state index contributed by atoms with van der Waals surface area (Å²) in [6.45, 7) is 6.64. The molecule has 2 heterocycles. The molecule has 1 fully saturated rings. The van der Waals surface area contributed by atoms with Gasteiger partial charge in [0.15, 0.2) is 16.6 Å². The van der Waals surface area contributed by atoms with E-state index >= 15 is 0 Å². The molecule has 5 heteroatoms. The Morgan fingerprint density at radius 2 is 2.19 bits per heavy atom. The number of thiocarbonyl (C=S) groups is 1. The number of nitrogens with zero attached hydrogens (tertiary/aromatic N) is 1. The topological polar surface area (TPSA) is 33.7 Å². The van der Waals surface area contributed by atoms with E-state index in [1.165, 1.54) is 5.56 Å². The van der Waals surface area contributed by atoms with Gasteiger partial charge in [-0.15, -0.1) is 6.58 Å². The van der Waals surface area contributed by atoms with Crippen LogP contribution in [0.5, 0.6) is 11.5 Å². The van der Waals surface area contributed by atoms with Crippen LogP contribution in [0.3, 0.4) is 0 Å². The van der Waals surface area contributed by atoms with Crippen molar-refractivity contribution in [3.8, 4) is 11.5 Å². The fourth-order valence-electron chi connectivity index (χ4n) is 2.88. The van der Waals surface area contributed by atoms with Crippen LogP contribution in [0.15, 0.2) is 30.9 Å². The SMILES string of the molecule is C=CCNC(=S)N1CCC[C@@H]1c1ccc2c(c1)OCCO2. The molecule has 21 heavy (non-hydrogen) atoms. The minimum Gasteiger partial charge on any atom is -0.486 e. The van der Waals surface area contributed by atoms with Crippen LogP contribution in [0.25, 0.3) is 0 Å². The maximum atomic E-state index is 5.68. The molecule has 1 aromatic rings. The highest BCUT2D eigenvalue weighted by molar-refractivity contribution is 7.80. The minimum atomic E-state index is 0.311. The van der Waals surface area contributed by atoms with E-state index in [4.69, 9.17) is 21.7 Å². The maximum Gasteiger partial charge on any atom is 0.169 e. The normalized spacial score (nSPS) is 20.2. The Bertz CT molecular complexity index is 547. The molecule has 0 bridgehead atoms. The Morgan fingerprint density at radius 3 is 3.00 bits per heavy atom. The van der Waals surface area contributed by atoms with Gasteiger partial charge in [-0.3, -0.25) is 0 Å². The van der Waals surface area contributed by atoms with Crippen LogP contribution in [-0.4, -0.2) is 36.3 Å². The van der Waals surface area contributed by atoms with E-state index in [-0.39, 0.29) is 0 Å². The largest absolute Gasteiger partial charge is 0.486 e. The van der Waals surface area contributed by atoms with Gasteiger partial charge in [-0.05, 0) is 42.8 Å². The Morgan fingerprint density at radius 1 is 1.38 bits per heavy atom. The van der Waals surface area contributed by atoms with Gasteiger partial charge in [0, 0.05) is 13.1 Å². The zero-order valence-corrected chi connectivity index (χ0v) is 12.8. The number of rotatable bonds is 3. The molecule has 112 valence electrons. The van der Waals surface area contributed by atoms with Crippen LogP contribution >= 0.6 is 12.2 Å². The lowest BCUT2D eigenvalue weighted by molar-refractivity contribution is 0.171. The summed E-state index contributed by atoms with van der Waals surface area (Å²) in [4.78, 5) is 2.25. The third-order valence-corrected chi connectivity index (χ3v) is 4.24. The second kappa shape index (κ2) is 6.35. The van der Waals surface area contributed by atoms with Crippen molar-refractivity contribution < 1.29 is 9.47 Å². The number of likely N-dealkylation sites (tertiary alicyclic amines) is 1. The predicted octanol–water partition coefficient (Wildman–Crippen LogP) is 2.66. The molecule has 1 N–H and O–H groups in total. The van der Waals surface area contributed by atoms with Crippen LogP contribution in [0, 0.1) is 0 Å². The predicted molar refractivity (Wildman–Crippen MR) is 86.9 cm³/mol. The Hall–Kier alpha value is -1.75. The van der Waals surface area contributed by atoms with Crippen LogP contribution < -0.4 is 14.8 Å². The lowest BCUT2D eigenvalue weighted by Gasteiger charge is -2.28. The van der Waals surface area contributed by atoms with Gasteiger partial charge in [-0.1, -0.05) is 12.1 Å². The molecule has 1 atom stereocenters. The average Bonchev–Trinajstić information content (AvgIpc) is 3.01. The zero-order valence-electron chi connectivity index (χ0n) is 12.0. The first-order valence-electron chi connectivity index (χ1n) is 7.34. The van der Waals surface area contributed by atoms with Crippen LogP contribution in [0.4, 0.5) is 0 Å². The molecular weight excluding hydrogens is 284 g/mol. The van der Waals surface area contributed by atoms with Crippen molar-refractivity contribution in [1.29, 1.82) is 0 Å². The second-order valence-electron chi connectivity index (χ2n) is 5.23. The van der Waals surface area contributed by atoms with Gasteiger partial charge < -0.3 is 19.7 Å². The molecule has 3 rings (SSSR count). The molecule has 0 amide bonds. The minimum absolute atomic E-state index is 0.311. The third-order valence-electron chi connectivity index (χ3n) is 3.86. The van der Waals surface area contributed by atoms with Crippen molar-refractivity contribution in [3.05, 3.63) is 36.4 Å². The molecular formula is C16H20N2O2S. The third kappa shape index (κ3) is 2.97. The number of hydrogen-bond donors (Lipinski definition) is 1. The smallest absolute Gasteiger partial charge is 0.169 e. The molecule has 0 aromatic heterocycles. The number of fused-ring (bicyclic) bond motifs is 1. The summed E-state index contributed by atoms with van der Waals surface area (Å²) in [5, 5.41) is 4.02. The lowest BCUT2D eigenvalue weighted by atomic mass is 10.0. The fourth-order valence-corrected chi connectivity index (χ4v) is 3.19. The molecule has 0 saturated carbocycles. The maximum absolute atomic E-state index is 5.68. The summed E-state index contributed by atoms with van der Waals surface area (Å²) in [5.74, 6) is 1.68. The van der Waals surface area contributed by atoms with Gasteiger partial charge in [0.2, 0.25) is 0 Å². The van der Waals surface area contributed by atoms with Crippen molar-refractivity contribution in [2.75, 3.05) is 26.3 Å². The first kappa shape index (κ1) is 14.2. The van der Waals surface area contributed by atoms with Gasteiger partial charge >= 0.3 is 0 Å². The Kier molecular flexibility index (Phi) is 4.29. The van der Waals surface area contributed by atoms with Gasteiger partial charge in [0.05, 0.1) is 6.04 Å². The molecule has 1 aromatic carbocycles. The van der Waals surface area contributed by atoms with Crippen molar-refractivity contribution in [2.45, 2.75) is 18.9 Å².